The van der Waals surface area contributed by atoms with Crippen LogP contribution in [0.25, 0.3) is 16.9 Å². The van der Waals surface area contributed by atoms with E-state index in [-0.39, 0.29) is 18.2 Å². The summed E-state index contributed by atoms with van der Waals surface area (Å²) < 4.78 is 6.97. The van der Waals surface area contributed by atoms with Gasteiger partial charge in [-0.25, -0.2) is 4.68 Å². The highest BCUT2D eigenvalue weighted by molar-refractivity contribution is 7.98. The number of carbonyl (C=O) groups excluding carboxylic acids is 2. The molecule has 2 aromatic heterocycles. The molecule has 2 N–H and O–H groups in total. The van der Waals surface area contributed by atoms with Gasteiger partial charge in [0, 0.05) is 23.9 Å². The van der Waals surface area contributed by atoms with E-state index in [1.807, 2.05) is 77.8 Å². The van der Waals surface area contributed by atoms with Crippen molar-refractivity contribution in [2.45, 2.75) is 19.0 Å². The van der Waals surface area contributed by atoms with Crippen LogP contribution >= 0.6 is 11.8 Å². The summed E-state index contributed by atoms with van der Waals surface area (Å²) in [6, 6.07) is 22.2. The summed E-state index contributed by atoms with van der Waals surface area (Å²) in [5.74, 6) is 0.253. The quantitative estimate of drug-likeness (QED) is 0.358. The maximum atomic E-state index is 13.1. The number of furan rings is 1. The molecule has 0 saturated heterocycles. The van der Waals surface area contributed by atoms with Crippen molar-refractivity contribution in [3.63, 3.8) is 0 Å². The van der Waals surface area contributed by atoms with E-state index in [4.69, 9.17) is 9.52 Å². The van der Waals surface area contributed by atoms with E-state index in [0.29, 0.717) is 6.42 Å². The fourth-order valence-corrected chi connectivity index (χ4v) is 4.01. The summed E-state index contributed by atoms with van der Waals surface area (Å²) in [4.78, 5) is 25.5. The molecule has 7 nitrogen and oxygen atoms in total. The van der Waals surface area contributed by atoms with Crippen LogP contribution in [0.15, 0.2) is 89.7 Å². The number of hydrogen-bond acceptors (Lipinski definition) is 5. The first-order valence-corrected chi connectivity index (χ1v) is 12.4. The number of amides is 2. The Labute approximate surface area is 202 Å². The number of benzene rings is 2. The van der Waals surface area contributed by atoms with E-state index in [2.05, 4.69) is 10.6 Å². The maximum Gasteiger partial charge on any atom is 0.287 e. The van der Waals surface area contributed by atoms with Gasteiger partial charge >= 0.3 is 0 Å². The molecular formula is C26H26N4O3S. The molecule has 0 aliphatic heterocycles. The van der Waals surface area contributed by atoms with Crippen molar-refractivity contribution >= 4 is 23.6 Å². The van der Waals surface area contributed by atoms with E-state index in [9.17, 15) is 9.59 Å². The zero-order valence-corrected chi connectivity index (χ0v) is 19.6. The van der Waals surface area contributed by atoms with Gasteiger partial charge in [0.25, 0.3) is 5.91 Å². The lowest BCUT2D eigenvalue weighted by Crippen LogP contribution is -2.46. The van der Waals surface area contributed by atoms with Crippen LogP contribution in [0.2, 0.25) is 0 Å². The third-order valence-electron chi connectivity index (χ3n) is 5.29. The standard InChI is InChI=1S/C26H26N4O3S/c1-34-16-14-22(28-26(32)23-13-8-15-33-23)25(31)27-17-20-18-30(21-11-6-3-7-12-21)29-24(20)19-9-4-2-5-10-19/h2-13,15,18,22H,14,16-17H2,1H3,(H,27,31)(H,28,32)/t22-/m0/s1. The highest BCUT2D eigenvalue weighted by Gasteiger charge is 2.23. The van der Waals surface area contributed by atoms with Crippen LogP contribution in [-0.4, -0.2) is 39.6 Å². The molecular weight excluding hydrogens is 448 g/mol. The molecule has 2 heterocycles. The monoisotopic (exact) mass is 474 g/mol. The first kappa shape index (κ1) is 23.4. The van der Waals surface area contributed by atoms with Crippen molar-refractivity contribution in [1.82, 2.24) is 20.4 Å². The number of carbonyl (C=O) groups is 2. The first-order valence-electron chi connectivity index (χ1n) is 11.0. The summed E-state index contributed by atoms with van der Waals surface area (Å²) >= 11 is 1.62. The van der Waals surface area contributed by atoms with Gasteiger partial charge in [-0.05, 0) is 42.7 Å². The molecule has 174 valence electrons. The molecule has 0 radical (unpaired) electrons. The van der Waals surface area contributed by atoms with Crippen LogP contribution in [0.1, 0.15) is 22.5 Å². The van der Waals surface area contributed by atoms with Gasteiger partial charge in [0.2, 0.25) is 5.91 Å². The minimum Gasteiger partial charge on any atom is -0.459 e. The van der Waals surface area contributed by atoms with Crippen molar-refractivity contribution in [3.8, 4) is 16.9 Å². The average molecular weight is 475 g/mol. The van der Waals surface area contributed by atoms with Crippen LogP contribution in [-0.2, 0) is 11.3 Å². The molecule has 0 aliphatic rings. The highest BCUT2D eigenvalue weighted by atomic mass is 32.2. The van der Waals surface area contributed by atoms with E-state index in [1.54, 1.807) is 23.9 Å². The molecule has 0 bridgehead atoms. The predicted octanol–water partition coefficient (Wildman–Crippen LogP) is 4.30. The normalized spacial score (nSPS) is 11.7. The number of para-hydroxylation sites is 1. The smallest absolute Gasteiger partial charge is 0.287 e. The van der Waals surface area contributed by atoms with Crippen molar-refractivity contribution in [2.75, 3.05) is 12.0 Å². The fraction of sp³-hybridized carbons (Fsp3) is 0.192. The van der Waals surface area contributed by atoms with Crippen LogP contribution in [0, 0.1) is 0 Å². The van der Waals surface area contributed by atoms with E-state index < -0.39 is 11.9 Å². The summed E-state index contributed by atoms with van der Waals surface area (Å²) in [5, 5.41) is 10.6. The van der Waals surface area contributed by atoms with Gasteiger partial charge < -0.3 is 15.1 Å². The van der Waals surface area contributed by atoms with E-state index in [1.165, 1.54) is 6.26 Å². The number of rotatable bonds is 10. The van der Waals surface area contributed by atoms with Gasteiger partial charge in [0.15, 0.2) is 5.76 Å². The molecule has 0 spiro atoms. The van der Waals surface area contributed by atoms with Crippen LogP contribution in [0.5, 0.6) is 0 Å². The highest BCUT2D eigenvalue weighted by Crippen LogP contribution is 2.23. The van der Waals surface area contributed by atoms with Gasteiger partial charge in [-0.3, -0.25) is 9.59 Å². The maximum absolute atomic E-state index is 13.1. The van der Waals surface area contributed by atoms with Crippen LogP contribution < -0.4 is 10.6 Å². The Kier molecular flexibility index (Phi) is 7.83. The molecule has 0 saturated carbocycles. The zero-order chi connectivity index (χ0) is 23.8. The molecule has 4 rings (SSSR count). The second-order valence-electron chi connectivity index (χ2n) is 7.65. The van der Waals surface area contributed by atoms with Crippen LogP contribution in [0.4, 0.5) is 0 Å². The minimum absolute atomic E-state index is 0.178. The van der Waals surface area contributed by atoms with E-state index in [0.717, 1.165) is 28.3 Å². The largest absolute Gasteiger partial charge is 0.459 e. The summed E-state index contributed by atoms with van der Waals surface area (Å²) in [7, 11) is 0. The Bertz CT molecular complexity index is 1210. The molecule has 0 unspecified atom stereocenters. The van der Waals surface area contributed by atoms with E-state index >= 15 is 0 Å². The molecule has 4 aromatic rings. The SMILES string of the molecule is CSCC[C@H](NC(=O)c1ccco1)C(=O)NCc1cn(-c2ccccc2)nc1-c1ccccc1. The van der Waals surface area contributed by atoms with Gasteiger partial charge in [0.05, 0.1) is 17.6 Å². The summed E-state index contributed by atoms with van der Waals surface area (Å²) in [6.07, 6.45) is 5.83. The second-order valence-corrected chi connectivity index (χ2v) is 8.64. The van der Waals surface area contributed by atoms with Gasteiger partial charge in [-0.1, -0.05) is 48.5 Å². The Hall–Kier alpha value is -3.78. The molecule has 0 fully saturated rings. The molecule has 1 atom stereocenters. The Morgan fingerprint density at radius 3 is 2.44 bits per heavy atom. The molecule has 8 heteroatoms. The van der Waals surface area contributed by atoms with Gasteiger partial charge in [-0.15, -0.1) is 0 Å². The predicted molar refractivity (Wildman–Crippen MR) is 134 cm³/mol. The van der Waals surface area contributed by atoms with Crippen molar-refractivity contribution in [2.24, 2.45) is 0 Å². The molecule has 0 aliphatic carbocycles. The summed E-state index contributed by atoms with van der Waals surface area (Å²) in [6.45, 7) is 0.280. The third kappa shape index (κ3) is 5.77. The average Bonchev–Trinajstić information content (AvgIpc) is 3.57. The number of nitrogens with one attached hydrogen (secondary N) is 2. The van der Waals surface area contributed by atoms with Gasteiger partial charge in [0.1, 0.15) is 6.04 Å². The second kappa shape index (κ2) is 11.4. The van der Waals surface area contributed by atoms with Crippen molar-refractivity contribution in [1.29, 1.82) is 0 Å². The van der Waals surface area contributed by atoms with Crippen molar-refractivity contribution in [3.05, 3.63) is 96.6 Å². The number of aromatic nitrogens is 2. The Balaban J connectivity index is 1.52. The number of thioether (sulfide) groups is 1. The number of hydrogen-bond donors (Lipinski definition) is 2. The van der Waals surface area contributed by atoms with Gasteiger partial charge in [-0.2, -0.15) is 16.9 Å². The number of nitrogens with zero attached hydrogens (tertiary/aromatic N) is 2. The van der Waals surface area contributed by atoms with Crippen molar-refractivity contribution < 1.29 is 14.0 Å². The molecule has 34 heavy (non-hydrogen) atoms. The molecule has 2 aromatic carbocycles. The molecule has 2 amide bonds. The van der Waals surface area contributed by atoms with Crippen LogP contribution in [0.3, 0.4) is 0 Å². The third-order valence-corrected chi connectivity index (χ3v) is 5.93. The Morgan fingerprint density at radius 1 is 1.03 bits per heavy atom. The minimum atomic E-state index is -0.672. The lowest BCUT2D eigenvalue weighted by Gasteiger charge is -2.17. The summed E-state index contributed by atoms with van der Waals surface area (Å²) in [5.41, 5.74) is 3.57. The lowest BCUT2D eigenvalue weighted by atomic mass is 10.1. The Morgan fingerprint density at radius 2 is 1.76 bits per heavy atom. The fourth-order valence-electron chi connectivity index (χ4n) is 3.54. The zero-order valence-electron chi connectivity index (χ0n) is 18.8. The first-order chi connectivity index (χ1) is 16.7. The topological polar surface area (TPSA) is 89.2 Å². The lowest BCUT2D eigenvalue weighted by molar-refractivity contribution is -0.123.